The van der Waals surface area contributed by atoms with Crippen LogP contribution in [0.25, 0.3) is 0 Å². The second-order valence-electron chi connectivity index (χ2n) is 8.40. The smallest absolute Gasteiger partial charge is 0.306 e. The zero-order valence-electron chi connectivity index (χ0n) is 16.5. The number of ether oxygens (including phenoxy) is 1. The lowest BCUT2D eigenvalue weighted by molar-refractivity contribution is -0.158. The molecular weight excluding hydrogens is 286 g/mol. The molecule has 0 spiro atoms. The maximum atomic E-state index is 12.1. The summed E-state index contributed by atoms with van der Waals surface area (Å²) in [5.74, 6) is 0.608. The number of carbonyl (C=O) groups is 1. The third-order valence-corrected chi connectivity index (χ3v) is 4.42. The monoisotopic (exact) mass is 327 g/mol. The van der Waals surface area contributed by atoms with Gasteiger partial charge in [0, 0.05) is 12.0 Å². The molecular formula is C20H41NO2. The average Bonchev–Trinajstić information content (AvgIpc) is 2.41. The molecule has 138 valence electrons. The molecule has 0 aromatic rings. The predicted molar refractivity (Wildman–Crippen MR) is 99.4 cm³/mol. The van der Waals surface area contributed by atoms with Crippen molar-refractivity contribution < 1.29 is 9.53 Å². The van der Waals surface area contributed by atoms with Crippen LogP contribution in [0.2, 0.25) is 0 Å². The first-order chi connectivity index (χ1) is 10.6. The van der Waals surface area contributed by atoms with E-state index >= 15 is 0 Å². The fourth-order valence-electron chi connectivity index (χ4n) is 3.07. The van der Waals surface area contributed by atoms with Crippen molar-refractivity contribution in [1.29, 1.82) is 0 Å². The zero-order valence-corrected chi connectivity index (χ0v) is 16.5. The Morgan fingerprint density at radius 2 is 1.70 bits per heavy atom. The summed E-state index contributed by atoms with van der Waals surface area (Å²) >= 11 is 0. The Labute approximate surface area is 144 Å². The summed E-state index contributed by atoms with van der Waals surface area (Å²) in [6.07, 6.45) is 10.4. The van der Waals surface area contributed by atoms with Crippen LogP contribution in [-0.4, -0.2) is 17.1 Å². The summed E-state index contributed by atoms with van der Waals surface area (Å²) in [7, 11) is 0. The summed E-state index contributed by atoms with van der Waals surface area (Å²) in [6.45, 7) is 12.7. The lowest BCUT2D eigenvalue weighted by Gasteiger charge is -2.29. The molecule has 0 fully saturated rings. The highest BCUT2D eigenvalue weighted by Gasteiger charge is 2.26. The van der Waals surface area contributed by atoms with Gasteiger partial charge in [-0.3, -0.25) is 4.79 Å². The van der Waals surface area contributed by atoms with Gasteiger partial charge in [0.05, 0.1) is 0 Å². The molecule has 0 saturated carbocycles. The van der Waals surface area contributed by atoms with Gasteiger partial charge in [-0.2, -0.15) is 0 Å². The van der Waals surface area contributed by atoms with Gasteiger partial charge in [0.2, 0.25) is 0 Å². The van der Waals surface area contributed by atoms with Crippen LogP contribution < -0.4 is 5.73 Å². The van der Waals surface area contributed by atoms with Crippen molar-refractivity contribution >= 4 is 5.97 Å². The molecule has 0 aliphatic rings. The second kappa shape index (κ2) is 11.1. The maximum absolute atomic E-state index is 12.1. The number of unbranched alkanes of at least 4 members (excludes halogenated alkanes) is 3. The predicted octanol–water partition coefficient (Wildman–Crippen LogP) is 5.60. The van der Waals surface area contributed by atoms with Crippen LogP contribution in [0.15, 0.2) is 0 Å². The molecule has 1 atom stereocenters. The first-order valence-corrected chi connectivity index (χ1v) is 9.60. The van der Waals surface area contributed by atoms with Crippen LogP contribution in [-0.2, 0) is 9.53 Å². The molecule has 1 unspecified atom stereocenters. The highest BCUT2D eigenvalue weighted by Crippen LogP contribution is 2.27. The minimum absolute atomic E-state index is 0.0487. The van der Waals surface area contributed by atoms with Crippen molar-refractivity contribution in [2.24, 2.45) is 11.7 Å². The topological polar surface area (TPSA) is 52.3 Å². The number of rotatable bonds is 13. The molecule has 0 saturated heterocycles. The first-order valence-electron chi connectivity index (χ1n) is 9.60. The summed E-state index contributed by atoms with van der Waals surface area (Å²) in [5, 5.41) is 0. The molecule has 0 aliphatic heterocycles. The van der Waals surface area contributed by atoms with Gasteiger partial charge in [0.1, 0.15) is 5.60 Å². The van der Waals surface area contributed by atoms with Crippen molar-refractivity contribution in [3.05, 3.63) is 0 Å². The van der Waals surface area contributed by atoms with Gasteiger partial charge in [-0.15, -0.1) is 0 Å². The van der Waals surface area contributed by atoms with Crippen LogP contribution in [0.4, 0.5) is 0 Å². The van der Waals surface area contributed by atoms with E-state index in [4.69, 9.17) is 10.5 Å². The van der Waals surface area contributed by atoms with Crippen LogP contribution in [0.5, 0.6) is 0 Å². The van der Waals surface area contributed by atoms with Gasteiger partial charge in [0.25, 0.3) is 0 Å². The maximum Gasteiger partial charge on any atom is 0.306 e. The fraction of sp³-hybridized carbons (Fsp3) is 0.950. The highest BCUT2D eigenvalue weighted by atomic mass is 16.6. The van der Waals surface area contributed by atoms with Crippen LogP contribution >= 0.6 is 0 Å². The van der Waals surface area contributed by atoms with Crippen LogP contribution in [0.1, 0.15) is 106 Å². The lowest BCUT2D eigenvalue weighted by Crippen LogP contribution is -2.31. The van der Waals surface area contributed by atoms with E-state index in [-0.39, 0.29) is 17.1 Å². The first kappa shape index (κ1) is 22.4. The normalized spacial score (nSPS) is 13.9. The average molecular weight is 328 g/mol. The largest absolute Gasteiger partial charge is 0.460 e. The highest BCUT2D eigenvalue weighted by molar-refractivity contribution is 5.69. The molecule has 0 aliphatic carbocycles. The lowest BCUT2D eigenvalue weighted by atomic mass is 9.87. The Morgan fingerprint density at radius 3 is 2.22 bits per heavy atom. The third kappa shape index (κ3) is 13.6. The van der Waals surface area contributed by atoms with E-state index in [1.54, 1.807) is 0 Å². The van der Waals surface area contributed by atoms with Gasteiger partial charge < -0.3 is 10.5 Å². The molecule has 0 amide bonds. The number of nitrogens with two attached hydrogens (primary N) is 1. The SMILES string of the molecule is CCCCC(CC)CC(C)(C)OC(=O)CCCCCC(C)(C)N. The number of carbonyl (C=O) groups excluding carboxylic acids is 1. The van der Waals surface area contributed by atoms with Crippen molar-refractivity contribution in [2.45, 2.75) is 117 Å². The van der Waals surface area contributed by atoms with Crippen molar-refractivity contribution in [2.75, 3.05) is 0 Å². The number of esters is 1. The molecule has 0 heterocycles. The zero-order chi connectivity index (χ0) is 17.9. The summed E-state index contributed by atoms with van der Waals surface area (Å²) in [4.78, 5) is 12.1. The minimum atomic E-state index is -0.343. The van der Waals surface area contributed by atoms with Gasteiger partial charge in [-0.05, 0) is 52.9 Å². The molecule has 3 heteroatoms. The Balaban J connectivity index is 4.01. The molecule has 3 nitrogen and oxygen atoms in total. The fourth-order valence-corrected chi connectivity index (χ4v) is 3.07. The van der Waals surface area contributed by atoms with Gasteiger partial charge >= 0.3 is 5.97 Å². The quantitative estimate of drug-likeness (QED) is 0.354. The molecule has 0 aromatic heterocycles. The van der Waals surface area contributed by atoms with E-state index < -0.39 is 0 Å². The van der Waals surface area contributed by atoms with E-state index in [2.05, 4.69) is 27.7 Å². The summed E-state index contributed by atoms with van der Waals surface area (Å²) < 4.78 is 5.73. The van der Waals surface area contributed by atoms with E-state index in [9.17, 15) is 4.79 Å². The van der Waals surface area contributed by atoms with E-state index in [0.717, 1.165) is 38.5 Å². The third-order valence-electron chi connectivity index (χ3n) is 4.42. The van der Waals surface area contributed by atoms with E-state index in [0.29, 0.717) is 12.3 Å². The molecule has 0 radical (unpaired) electrons. The number of hydrogen-bond acceptors (Lipinski definition) is 3. The van der Waals surface area contributed by atoms with E-state index in [1.165, 1.54) is 19.3 Å². The number of hydrogen-bond donors (Lipinski definition) is 1. The van der Waals surface area contributed by atoms with E-state index in [1.807, 2.05) is 13.8 Å². The minimum Gasteiger partial charge on any atom is -0.460 e. The van der Waals surface area contributed by atoms with Crippen LogP contribution in [0, 0.1) is 5.92 Å². The molecule has 23 heavy (non-hydrogen) atoms. The van der Waals surface area contributed by atoms with Crippen LogP contribution in [0.3, 0.4) is 0 Å². The van der Waals surface area contributed by atoms with Crippen molar-refractivity contribution in [3.8, 4) is 0 Å². The standard InChI is InChI=1S/C20H41NO2/c1-7-9-13-17(8-2)16-20(5,6)23-18(22)14-11-10-12-15-19(3,4)21/h17H,7-16,21H2,1-6H3. The molecule has 0 bridgehead atoms. The molecule has 0 aromatic carbocycles. The Hall–Kier alpha value is -0.570. The summed E-state index contributed by atoms with van der Waals surface area (Å²) in [6, 6.07) is 0. The van der Waals surface area contributed by atoms with Gasteiger partial charge in [-0.1, -0.05) is 52.4 Å². The Morgan fingerprint density at radius 1 is 1.04 bits per heavy atom. The second-order valence-corrected chi connectivity index (χ2v) is 8.40. The van der Waals surface area contributed by atoms with Gasteiger partial charge in [0.15, 0.2) is 0 Å². The Bertz CT molecular complexity index is 318. The molecule has 0 rings (SSSR count). The molecule has 2 N–H and O–H groups in total. The Kier molecular flexibility index (Phi) is 10.8. The summed E-state index contributed by atoms with van der Waals surface area (Å²) in [5.41, 5.74) is 5.52. The van der Waals surface area contributed by atoms with Gasteiger partial charge in [-0.25, -0.2) is 0 Å². The van der Waals surface area contributed by atoms with Crippen molar-refractivity contribution in [1.82, 2.24) is 0 Å². The van der Waals surface area contributed by atoms with Crippen molar-refractivity contribution in [3.63, 3.8) is 0 Å².